The molecule has 1 N–H and O–H groups in total. The molecule has 6 nitrogen and oxygen atoms in total. The topological polar surface area (TPSA) is 75.7 Å². The van der Waals surface area contributed by atoms with Crippen LogP contribution in [0, 0.1) is 6.92 Å². The highest BCUT2D eigenvalue weighted by atomic mass is 32.2. The summed E-state index contributed by atoms with van der Waals surface area (Å²) in [5.41, 5.74) is 2.43. The summed E-state index contributed by atoms with van der Waals surface area (Å²) in [6.07, 6.45) is -3.34. The van der Waals surface area contributed by atoms with Crippen LogP contribution in [0.1, 0.15) is 16.7 Å². The summed E-state index contributed by atoms with van der Waals surface area (Å²) in [5.74, 6) is -0.485. The molecule has 0 fully saturated rings. The number of alkyl halides is 3. The molecule has 0 atom stereocenters. The zero-order chi connectivity index (χ0) is 22.4. The van der Waals surface area contributed by atoms with E-state index in [0.717, 1.165) is 16.1 Å². The number of benzene rings is 2. The first-order valence-corrected chi connectivity index (χ1v) is 10.8. The first kappa shape index (κ1) is 23.7. The molecule has 0 aliphatic carbocycles. The van der Waals surface area contributed by atoms with Gasteiger partial charge in [0.25, 0.3) is 0 Å². The van der Waals surface area contributed by atoms with Crippen molar-refractivity contribution in [2.75, 3.05) is 23.7 Å². The van der Waals surface area contributed by atoms with Crippen LogP contribution < -0.4 is 9.62 Å². The number of carbonyl (C=O) groups excluding carboxylic acids is 1. The molecule has 2 aromatic rings. The van der Waals surface area contributed by atoms with Crippen LogP contribution in [0.4, 0.5) is 18.9 Å². The molecule has 2 rings (SSSR count). The third-order valence-electron chi connectivity index (χ3n) is 4.12. The molecule has 30 heavy (non-hydrogen) atoms. The summed E-state index contributed by atoms with van der Waals surface area (Å²) >= 11 is 0. The molecule has 0 aliphatic rings. The van der Waals surface area contributed by atoms with Crippen molar-refractivity contribution >= 4 is 21.6 Å². The number of sulfonamides is 1. The van der Waals surface area contributed by atoms with Crippen molar-refractivity contribution in [2.24, 2.45) is 0 Å². The van der Waals surface area contributed by atoms with E-state index in [9.17, 15) is 26.4 Å². The maximum absolute atomic E-state index is 12.3. The maximum Gasteiger partial charge on any atom is 0.411 e. The molecule has 10 heteroatoms. The zero-order valence-corrected chi connectivity index (χ0v) is 17.4. The maximum atomic E-state index is 12.3. The summed E-state index contributed by atoms with van der Waals surface area (Å²) in [6.45, 7) is 0.0424. The van der Waals surface area contributed by atoms with Gasteiger partial charge in [0.1, 0.15) is 13.2 Å². The minimum atomic E-state index is -4.37. The molecule has 0 unspecified atom stereocenters. The average molecular weight is 444 g/mol. The molecular formula is C20H23F3N2O4S. The summed E-state index contributed by atoms with van der Waals surface area (Å²) in [5, 5.41) is 2.65. The Morgan fingerprint density at radius 3 is 2.23 bits per heavy atom. The minimum absolute atomic E-state index is 0.147. The molecular weight excluding hydrogens is 421 g/mol. The lowest BCUT2D eigenvalue weighted by atomic mass is 10.1. The number of ether oxygens (including phenoxy) is 1. The number of rotatable bonds is 9. The average Bonchev–Trinajstić information content (AvgIpc) is 2.64. The lowest BCUT2D eigenvalue weighted by Crippen LogP contribution is -2.40. The molecule has 0 aromatic heterocycles. The normalized spacial score (nSPS) is 11.9. The van der Waals surface area contributed by atoms with E-state index in [2.05, 4.69) is 10.1 Å². The van der Waals surface area contributed by atoms with Crippen LogP contribution >= 0.6 is 0 Å². The highest BCUT2D eigenvalue weighted by Gasteiger charge is 2.27. The van der Waals surface area contributed by atoms with Crippen molar-refractivity contribution < 1.29 is 31.1 Å². The second kappa shape index (κ2) is 9.94. The first-order valence-electron chi connectivity index (χ1n) is 8.98. The Morgan fingerprint density at radius 2 is 1.67 bits per heavy atom. The van der Waals surface area contributed by atoms with Gasteiger partial charge >= 0.3 is 6.18 Å². The second-order valence-electron chi connectivity index (χ2n) is 6.76. The molecule has 1 amide bonds. The van der Waals surface area contributed by atoms with Gasteiger partial charge in [-0.15, -0.1) is 0 Å². The minimum Gasteiger partial charge on any atom is -0.367 e. The van der Waals surface area contributed by atoms with E-state index in [1.165, 1.54) is 0 Å². The van der Waals surface area contributed by atoms with Gasteiger partial charge in [-0.2, -0.15) is 13.2 Å². The van der Waals surface area contributed by atoms with Crippen molar-refractivity contribution in [1.82, 2.24) is 5.32 Å². The molecule has 0 saturated heterocycles. The quantitative estimate of drug-likeness (QED) is 0.645. The monoisotopic (exact) mass is 444 g/mol. The Morgan fingerprint density at radius 1 is 1.07 bits per heavy atom. The van der Waals surface area contributed by atoms with Crippen LogP contribution in [0.2, 0.25) is 0 Å². The van der Waals surface area contributed by atoms with Crippen molar-refractivity contribution in [2.45, 2.75) is 26.3 Å². The van der Waals surface area contributed by atoms with E-state index >= 15 is 0 Å². The van der Waals surface area contributed by atoms with Gasteiger partial charge in [0.05, 0.1) is 18.6 Å². The van der Waals surface area contributed by atoms with Gasteiger partial charge < -0.3 is 10.1 Å². The highest BCUT2D eigenvalue weighted by molar-refractivity contribution is 7.92. The second-order valence-corrected chi connectivity index (χ2v) is 8.66. The number of para-hydroxylation sites is 1. The summed E-state index contributed by atoms with van der Waals surface area (Å²) in [4.78, 5) is 12.3. The molecule has 0 saturated carbocycles. The van der Waals surface area contributed by atoms with E-state index in [1.807, 2.05) is 0 Å². The fourth-order valence-corrected chi connectivity index (χ4v) is 3.56. The Balaban J connectivity index is 1.92. The predicted molar refractivity (Wildman–Crippen MR) is 107 cm³/mol. The van der Waals surface area contributed by atoms with Crippen LogP contribution in [-0.2, 0) is 32.7 Å². The predicted octanol–water partition coefficient (Wildman–Crippen LogP) is 3.16. The van der Waals surface area contributed by atoms with E-state index in [0.29, 0.717) is 16.8 Å². The number of nitrogens with one attached hydrogen (secondary N) is 1. The van der Waals surface area contributed by atoms with Crippen LogP contribution in [0.5, 0.6) is 0 Å². The van der Waals surface area contributed by atoms with Gasteiger partial charge in [0, 0.05) is 6.54 Å². The van der Waals surface area contributed by atoms with Crippen molar-refractivity contribution in [3.8, 4) is 0 Å². The lowest BCUT2D eigenvalue weighted by molar-refractivity contribution is -0.176. The van der Waals surface area contributed by atoms with Crippen LogP contribution in [-0.4, -0.2) is 39.9 Å². The number of carbonyl (C=O) groups is 1. The Kier molecular flexibility index (Phi) is 7.85. The molecule has 0 spiro atoms. The third-order valence-corrected chi connectivity index (χ3v) is 5.25. The van der Waals surface area contributed by atoms with Crippen LogP contribution in [0.15, 0.2) is 48.5 Å². The molecule has 0 aliphatic heterocycles. The summed E-state index contributed by atoms with van der Waals surface area (Å²) in [6, 6.07) is 13.4. The fraction of sp³-hybridized carbons (Fsp3) is 0.350. The van der Waals surface area contributed by atoms with Gasteiger partial charge in [0.2, 0.25) is 15.9 Å². The van der Waals surface area contributed by atoms with Crippen molar-refractivity contribution in [1.29, 1.82) is 0 Å². The smallest absolute Gasteiger partial charge is 0.367 e. The molecule has 0 heterocycles. The Labute approximate surface area is 173 Å². The van der Waals surface area contributed by atoms with Gasteiger partial charge in [-0.3, -0.25) is 9.10 Å². The lowest BCUT2D eigenvalue weighted by Gasteiger charge is -2.23. The van der Waals surface area contributed by atoms with Crippen LogP contribution in [0.25, 0.3) is 0 Å². The number of hydrogen-bond acceptors (Lipinski definition) is 4. The van der Waals surface area contributed by atoms with Crippen molar-refractivity contribution in [3.63, 3.8) is 0 Å². The summed E-state index contributed by atoms with van der Waals surface area (Å²) < 4.78 is 66.2. The van der Waals surface area contributed by atoms with Gasteiger partial charge in [0.15, 0.2) is 0 Å². The van der Waals surface area contributed by atoms with Gasteiger partial charge in [-0.05, 0) is 29.7 Å². The van der Waals surface area contributed by atoms with E-state index in [1.54, 1.807) is 55.5 Å². The first-order chi connectivity index (χ1) is 14.0. The number of aryl methyl sites for hydroxylation is 1. The van der Waals surface area contributed by atoms with E-state index < -0.39 is 28.7 Å². The number of hydrogen-bond donors (Lipinski definition) is 1. The molecule has 164 valence electrons. The third kappa shape index (κ3) is 7.68. The number of nitrogens with zero attached hydrogens (tertiary/aromatic N) is 1. The number of amides is 1. The van der Waals surface area contributed by atoms with Gasteiger partial charge in [-0.1, -0.05) is 42.5 Å². The van der Waals surface area contributed by atoms with E-state index in [4.69, 9.17) is 0 Å². The van der Waals surface area contributed by atoms with Gasteiger partial charge in [-0.25, -0.2) is 8.42 Å². The van der Waals surface area contributed by atoms with Crippen molar-refractivity contribution in [3.05, 3.63) is 65.2 Å². The Hall–Kier alpha value is -2.59. The Bertz CT molecular complexity index is 961. The molecule has 0 radical (unpaired) electrons. The van der Waals surface area contributed by atoms with E-state index in [-0.39, 0.29) is 19.7 Å². The standard InChI is InChI=1S/C20H23F3N2O4S/c1-15-5-3-4-6-18(15)25(30(2,27)28)12-19(26)24-11-16-7-9-17(10-8-16)13-29-14-20(21,22)23/h3-10H,11-14H2,1-2H3,(H,24,26). The highest BCUT2D eigenvalue weighted by Crippen LogP contribution is 2.21. The molecule has 2 aromatic carbocycles. The zero-order valence-electron chi connectivity index (χ0n) is 16.6. The molecule has 0 bridgehead atoms. The number of anilines is 1. The fourth-order valence-electron chi connectivity index (χ4n) is 2.65. The largest absolute Gasteiger partial charge is 0.411 e. The number of halogens is 3. The summed E-state index contributed by atoms with van der Waals surface area (Å²) in [7, 11) is -3.67. The van der Waals surface area contributed by atoms with Crippen LogP contribution in [0.3, 0.4) is 0 Å². The SMILES string of the molecule is Cc1ccccc1N(CC(=O)NCc1ccc(COCC(F)(F)F)cc1)S(C)(=O)=O.